The number of nitrogens with zero attached hydrogens (tertiary/aromatic N) is 3. The van der Waals surface area contributed by atoms with Crippen LogP contribution in [-0.2, 0) is 17.7 Å². The van der Waals surface area contributed by atoms with E-state index < -0.39 is 0 Å². The van der Waals surface area contributed by atoms with Crippen molar-refractivity contribution in [2.24, 2.45) is 5.92 Å². The second kappa shape index (κ2) is 8.18. The second-order valence-electron chi connectivity index (χ2n) is 4.69. The third-order valence-electron chi connectivity index (χ3n) is 2.49. The van der Waals surface area contributed by atoms with Gasteiger partial charge < -0.3 is 14.4 Å². The van der Waals surface area contributed by atoms with Gasteiger partial charge in [0.2, 0.25) is 5.89 Å². The predicted octanol–water partition coefficient (Wildman–Crippen LogP) is 0.709. The van der Waals surface area contributed by atoms with Crippen molar-refractivity contribution in [3.05, 3.63) is 11.7 Å². The lowest BCUT2D eigenvalue weighted by Gasteiger charge is -2.18. The Balaban J connectivity index is 2.49. The van der Waals surface area contributed by atoms with Crippen molar-refractivity contribution in [2.75, 3.05) is 33.4 Å². The Kier molecular flexibility index (Phi) is 6.85. The third-order valence-corrected chi connectivity index (χ3v) is 2.49. The van der Waals surface area contributed by atoms with Crippen molar-refractivity contribution < 1.29 is 14.4 Å². The SMILES string of the molecule is COCCN(CCO)Cc1noc(CC(C)C)n1. The average Bonchev–Trinajstić information content (AvgIpc) is 2.72. The van der Waals surface area contributed by atoms with Gasteiger partial charge in [0, 0.05) is 26.6 Å². The fraction of sp³-hybridized carbons (Fsp3) is 0.833. The van der Waals surface area contributed by atoms with Crippen LogP contribution < -0.4 is 0 Å². The zero-order valence-electron chi connectivity index (χ0n) is 11.4. The first-order valence-electron chi connectivity index (χ1n) is 6.29. The summed E-state index contributed by atoms with van der Waals surface area (Å²) in [6.07, 6.45) is 0.797. The number of rotatable bonds is 9. The fourth-order valence-corrected chi connectivity index (χ4v) is 1.62. The summed E-state index contributed by atoms with van der Waals surface area (Å²) in [4.78, 5) is 6.37. The van der Waals surface area contributed by atoms with Crippen LogP contribution in [0.1, 0.15) is 25.6 Å². The lowest BCUT2D eigenvalue weighted by molar-refractivity contribution is 0.124. The molecule has 6 nitrogen and oxygen atoms in total. The third kappa shape index (κ3) is 5.57. The molecule has 6 heteroatoms. The molecule has 0 aliphatic carbocycles. The highest BCUT2D eigenvalue weighted by molar-refractivity contribution is 4.87. The summed E-state index contributed by atoms with van der Waals surface area (Å²) in [5.74, 6) is 1.84. The minimum atomic E-state index is 0.112. The summed E-state index contributed by atoms with van der Waals surface area (Å²) in [7, 11) is 1.66. The van der Waals surface area contributed by atoms with Gasteiger partial charge in [-0.3, -0.25) is 4.90 Å². The molecule has 0 saturated heterocycles. The van der Waals surface area contributed by atoms with Gasteiger partial charge in [-0.25, -0.2) is 0 Å². The van der Waals surface area contributed by atoms with Gasteiger partial charge in [-0.1, -0.05) is 19.0 Å². The zero-order chi connectivity index (χ0) is 13.4. The molecule has 1 rings (SSSR count). The molecule has 0 aromatic carbocycles. The zero-order valence-corrected chi connectivity index (χ0v) is 11.4. The Morgan fingerprint density at radius 2 is 2.17 bits per heavy atom. The Morgan fingerprint density at radius 1 is 1.39 bits per heavy atom. The van der Waals surface area contributed by atoms with Crippen molar-refractivity contribution in [3.63, 3.8) is 0 Å². The van der Waals surface area contributed by atoms with Gasteiger partial charge in [0.1, 0.15) is 0 Å². The maximum Gasteiger partial charge on any atom is 0.226 e. The normalized spacial score (nSPS) is 11.7. The molecule has 0 unspecified atom stereocenters. The summed E-state index contributed by atoms with van der Waals surface area (Å²) in [6, 6.07) is 0. The van der Waals surface area contributed by atoms with Crippen LogP contribution in [0.2, 0.25) is 0 Å². The van der Waals surface area contributed by atoms with E-state index in [2.05, 4.69) is 24.0 Å². The topological polar surface area (TPSA) is 71.6 Å². The largest absolute Gasteiger partial charge is 0.395 e. The monoisotopic (exact) mass is 257 g/mol. The molecule has 0 aliphatic rings. The van der Waals surface area contributed by atoms with Crippen molar-refractivity contribution in [1.29, 1.82) is 0 Å². The van der Waals surface area contributed by atoms with Gasteiger partial charge in [-0.05, 0) is 5.92 Å². The number of hydrogen-bond donors (Lipinski definition) is 1. The molecule has 0 aliphatic heterocycles. The quantitative estimate of drug-likeness (QED) is 0.702. The Bertz CT molecular complexity index is 328. The van der Waals surface area contributed by atoms with Crippen molar-refractivity contribution in [1.82, 2.24) is 15.0 Å². The molecule has 1 aromatic rings. The highest BCUT2D eigenvalue weighted by atomic mass is 16.5. The van der Waals surface area contributed by atoms with Gasteiger partial charge >= 0.3 is 0 Å². The molecule has 104 valence electrons. The van der Waals surface area contributed by atoms with E-state index in [1.54, 1.807) is 7.11 Å². The van der Waals surface area contributed by atoms with Crippen LogP contribution in [-0.4, -0.2) is 53.6 Å². The van der Waals surface area contributed by atoms with E-state index in [4.69, 9.17) is 14.4 Å². The minimum absolute atomic E-state index is 0.112. The predicted molar refractivity (Wildman–Crippen MR) is 67.1 cm³/mol. The van der Waals surface area contributed by atoms with Gasteiger partial charge in [0.15, 0.2) is 5.82 Å². The second-order valence-corrected chi connectivity index (χ2v) is 4.69. The molecule has 0 atom stereocenters. The molecule has 1 aromatic heterocycles. The van der Waals surface area contributed by atoms with Gasteiger partial charge in [-0.2, -0.15) is 4.98 Å². The first-order valence-corrected chi connectivity index (χ1v) is 6.29. The van der Waals surface area contributed by atoms with E-state index in [9.17, 15) is 0 Å². The summed E-state index contributed by atoms with van der Waals surface area (Å²) in [6.45, 7) is 6.85. The standard InChI is InChI=1S/C12H23N3O3/c1-10(2)8-12-13-11(14-18-12)9-15(4-6-16)5-7-17-3/h10,16H,4-9H2,1-3H3. The van der Waals surface area contributed by atoms with Crippen LogP contribution in [0.15, 0.2) is 4.52 Å². The molecule has 0 saturated carbocycles. The number of hydrogen-bond acceptors (Lipinski definition) is 6. The summed E-state index contributed by atoms with van der Waals surface area (Å²) in [5.41, 5.74) is 0. The molecule has 0 spiro atoms. The van der Waals surface area contributed by atoms with Crippen molar-refractivity contribution >= 4 is 0 Å². The van der Waals surface area contributed by atoms with E-state index in [1.165, 1.54) is 0 Å². The van der Waals surface area contributed by atoms with Crippen LogP contribution in [0.5, 0.6) is 0 Å². The molecule has 18 heavy (non-hydrogen) atoms. The molecular formula is C12H23N3O3. The van der Waals surface area contributed by atoms with Gasteiger partial charge in [0.05, 0.1) is 19.8 Å². The van der Waals surface area contributed by atoms with Crippen LogP contribution in [0.25, 0.3) is 0 Å². The Morgan fingerprint density at radius 3 is 2.78 bits per heavy atom. The van der Waals surface area contributed by atoms with Crippen LogP contribution in [0, 0.1) is 5.92 Å². The smallest absolute Gasteiger partial charge is 0.226 e. The molecule has 0 bridgehead atoms. The maximum atomic E-state index is 8.99. The van der Waals surface area contributed by atoms with Gasteiger partial charge in [-0.15, -0.1) is 0 Å². The average molecular weight is 257 g/mol. The van der Waals surface area contributed by atoms with E-state index in [-0.39, 0.29) is 6.61 Å². The molecule has 0 amide bonds. The summed E-state index contributed by atoms with van der Waals surface area (Å²) in [5, 5.41) is 12.9. The van der Waals surface area contributed by atoms with E-state index in [0.717, 1.165) is 13.0 Å². The van der Waals surface area contributed by atoms with Crippen LogP contribution in [0.3, 0.4) is 0 Å². The maximum absolute atomic E-state index is 8.99. The Hall–Kier alpha value is -0.980. The summed E-state index contributed by atoms with van der Waals surface area (Å²) >= 11 is 0. The van der Waals surface area contributed by atoms with Crippen molar-refractivity contribution in [3.8, 4) is 0 Å². The molecule has 0 radical (unpaired) electrons. The highest BCUT2D eigenvalue weighted by Gasteiger charge is 2.12. The van der Waals surface area contributed by atoms with E-state index >= 15 is 0 Å². The number of aliphatic hydroxyl groups excluding tert-OH is 1. The number of ether oxygens (including phenoxy) is 1. The van der Waals surface area contributed by atoms with Crippen LogP contribution >= 0.6 is 0 Å². The summed E-state index contributed by atoms with van der Waals surface area (Å²) < 4.78 is 10.2. The van der Waals surface area contributed by atoms with E-state index in [1.807, 2.05) is 4.90 Å². The first-order chi connectivity index (χ1) is 8.65. The lowest BCUT2D eigenvalue weighted by Crippen LogP contribution is -2.30. The van der Waals surface area contributed by atoms with Gasteiger partial charge in [0.25, 0.3) is 0 Å². The molecule has 1 N–H and O–H groups in total. The number of methoxy groups -OCH3 is 1. The number of aromatic nitrogens is 2. The number of aliphatic hydroxyl groups is 1. The fourth-order valence-electron chi connectivity index (χ4n) is 1.62. The lowest BCUT2D eigenvalue weighted by atomic mass is 10.1. The molecular weight excluding hydrogens is 234 g/mol. The minimum Gasteiger partial charge on any atom is -0.395 e. The molecule has 0 fully saturated rings. The highest BCUT2D eigenvalue weighted by Crippen LogP contribution is 2.07. The molecule has 1 heterocycles. The Labute approximate surface area is 108 Å². The van der Waals surface area contributed by atoms with E-state index in [0.29, 0.717) is 37.3 Å². The van der Waals surface area contributed by atoms with Crippen LogP contribution in [0.4, 0.5) is 0 Å². The van der Waals surface area contributed by atoms with Crippen molar-refractivity contribution in [2.45, 2.75) is 26.8 Å². The first kappa shape index (κ1) is 15.1.